The van der Waals surface area contributed by atoms with E-state index in [9.17, 15) is 0 Å². The van der Waals surface area contributed by atoms with E-state index < -0.39 is 0 Å². The number of alkyl halides is 1. The van der Waals surface area contributed by atoms with Crippen LogP contribution in [0, 0.1) is 5.41 Å². The molecule has 3 rings (SSSR count). The van der Waals surface area contributed by atoms with Gasteiger partial charge < -0.3 is 4.74 Å². The first-order valence-corrected chi connectivity index (χ1v) is 8.56. The molecule has 2 atom stereocenters. The summed E-state index contributed by atoms with van der Waals surface area (Å²) in [7, 11) is 0. The zero-order valence-corrected chi connectivity index (χ0v) is 13.6. The number of ether oxygens (including phenoxy) is 1. The fourth-order valence-corrected chi connectivity index (χ4v) is 4.67. The maximum Gasteiger partial charge on any atom is 0.122 e. The molecule has 20 heavy (non-hydrogen) atoms. The lowest BCUT2D eigenvalue weighted by Crippen LogP contribution is -2.57. The van der Waals surface area contributed by atoms with Gasteiger partial charge in [0, 0.05) is 27.3 Å². The van der Waals surface area contributed by atoms with Crippen molar-refractivity contribution < 1.29 is 4.74 Å². The van der Waals surface area contributed by atoms with Crippen LogP contribution >= 0.6 is 34.8 Å². The molecule has 2 saturated carbocycles. The van der Waals surface area contributed by atoms with Crippen LogP contribution in [0.25, 0.3) is 0 Å². The zero-order chi connectivity index (χ0) is 14.2. The van der Waals surface area contributed by atoms with E-state index in [0.717, 1.165) is 12.2 Å². The van der Waals surface area contributed by atoms with Crippen molar-refractivity contribution in [3.8, 4) is 5.75 Å². The molecule has 4 heteroatoms. The smallest absolute Gasteiger partial charge is 0.122 e. The van der Waals surface area contributed by atoms with Gasteiger partial charge in [-0.25, -0.2) is 0 Å². The Balaban J connectivity index is 1.76. The molecule has 2 aliphatic rings. The number of hydrogen-bond acceptors (Lipinski definition) is 1. The van der Waals surface area contributed by atoms with Gasteiger partial charge in [0.2, 0.25) is 0 Å². The average molecular weight is 334 g/mol. The summed E-state index contributed by atoms with van der Waals surface area (Å²) in [6.07, 6.45) is 8.66. The highest BCUT2D eigenvalue weighted by Crippen LogP contribution is 2.55. The second-order valence-electron chi connectivity index (χ2n) is 6.06. The van der Waals surface area contributed by atoms with Crippen molar-refractivity contribution in [1.82, 2.24) is 0 Å². The van der Waals surface area contributed by atoms with Gasteiger partial charge in [-0.2, -0.15) is 0 Å². The molecule has 1 aromatic rings. The minimum atomic E-state index is 0.160. The van der Waals surface area contributed by atoms with E-state index >= 15 is 0 Å². The summed E-state index contributed by atoms with van der Waals surface area (Å²) in [5.74, 6) is 0.764. The minimum absolute atomic E-state index is 0.160. The van der Waals surface area contributed by atoms with Crippen molar-refractivity contribution in [2.24, 2.45) is 5.41 Å². The maximum atomic E-state index is 6.55. The van der Waals surface area contributed by atoms with Crippen LogP contribution in [0.15, 0.2) is 18.2 Å². The van der Waals surface area contributed by atoms with Gasteiger partial charge in [0.15, 0.2) is 0 Å². The molecule has 0 saturated heterocycles. The Morgan fingerprint density at radius 1 is 0.950 bits per heavy atom. The Morgan fingerprint density at radius 3 is 2.10 bits per heavy atom. The number of rotatable bonds is 2. The molecule has 1 nitrogen and oxygen atoms in total. The van der Waals surface area contributed by atoms with Crippen LogP contribution in [-0.2, 0) is 0 Å². The van der Waals surface area contributed by atoms with Crippen LogP contribution in [0.3, 0.4) is 0 Å². The van der Waals surface area contributed by atoms with Gasteiger partial charge >= 0.3 is 0 Å². The lowest BCUT2D eigenvalue weighted by Gasteiger charge is -2.53. The molecule has 2 unspecified atom stereocenters. The number of hydrogen-bond donors (Lipinski definition) is 0. The summed E-state index contributed by atoms with van der Waals surface area (Å²) in [5.41, 5.74) is 0.160. The molecule has 1 spiro atoms. The Labute approximate surface area is 135 Å². The van der Waals surface area contributed by atoms with Gasteiger partial charge in [0.25, 0.3) is 0 Å². The van der Waals surface area contributed by atoms with E-state index in [1.54, 1.807) is 6.07 Å². The second-order valence-corrected chi connectivity index (χ2v) is 7.46. The molecule has 0 aromatic heterocycles. The third-order valence-electron chi connectivity index (χ3n) is 4.83. The van der Waals surface area contributed by atoms with Crippen LogP contribution < -0.4 is 4.74 Å². The van der Waals surface area contributed by atoms with E-state index in [1.807, 2.05) is 12.1 Å². The van der Waals surface area contributed by atoms with E-state index in [-0.39, 0.29) is 16.9 Å². The minimum Gasteiger partial charge on any atom is -0.490 e. The largest absolute Gasteiger partial charge is 0.490 e. The molecular formula is C16H19Cl3O. The second kappa shape index (κ2) is 5.94. The van der Waals surface area contributed by atoms with Crippen LogP contribution in [-0.4, -0.2) is 11.5 Å². The third kappa shape index (κ3) is 2.77. The van der Waals surface area contributed by atoms with Crippen molar-refractivity contribution >= 4 is 34.8 Å². The summed E-state index contributed by atoms with van der Waals surface area (Å²) in [6.45, 7) is 0. The zero-order valence-electron chi connectivity index (χ0n) is 11.4. The van der Waals surface area contributed by atoms with E-state index in [0.29, 0.717) is 10.0 Å². The van der Waals surface area contributed by atoms with E-state index in [4.69, 9.17) is 39.5 Å². The van der Waals surface area contributed by atoms with Crippen LogP contribution in [0.2, 0.25) is 10.0 Å². The van der Waals surface area contributed by atoms with Crippen molar-refractivity contribution in [2.45, 2.75) is 56.4 Å². The first-order valence-electron chi connectivity index (χ1n) is 7.37. The van der Waals surface area contributed by atoms with Crippen LogP contribution in [0.4, 0.5) is 0 Å². The average Bonchev–Trinajstić information content (AvgIpc) is 2.65. The van der Waals surface area contributed by atoms with Crippen molar-refractivity contribution in [3.63, 3.8) is 0 Å². The molecule has 0 aliphatic heterocycles. The first kappa shape index (κ1) is 14.8. The van der Waals surface area contributed by atoms with E-state index in [1.165, 1.54) is 38.5 Å². The highest BCUT2D eigenvalue weighted by Gasteiger charge is 2.55. The first-order chi connectivity index (χ1) is 9.60. The summed E-state index contributed by atoms with van der Waals surface area (Å²) in [4.78, 5) is 0. The summed E-state index contributed by atoms with van der Waals surface area (Å²) >= 11 is 18.6. The quantitative estimate of drug-likeness (QED) is 0.595. The van der Waals surface area contributed by atoms with Crippen molar-refractivity contribution in [2.75, 3.05) is 0 Å². The molecule has 0 heterocycles. The van der Waals surface area contributed by atoms with Gasteiger partial charge in [-0.3, -0.25) is 0 Å². The maximum absolute atomic E-state index is 6.55. The highest BCUT2D eigenvalue weighted by molar-refractivity contribution is 6.34. The number of benzene rings is 1. The molecule has 0 N–H and O–H groups in total. The predicted molar refractivity (Wildman–Crippen MR) is 85.3 cm³/mol. The summed E-state index contributed by atoms with van der Waals surface area (Å²) in [5, 5.41) is 1.48. The predicted octanol–water partition coefficient (Wildman–Crippen LogP) is 6.09. The molecule has 110 valence electrons. The lowest BCUT2D eigenvalue weighted by molar-refractivity contribution is -0.0512. The van der Waals surface area contributed by atoms with Gasteiger partial charge in [-0.05, 0) is 31.0 Å². The van der Waals surface area contributed by atoms with Gasteiger partial charge in [0.1, 0.15) is 11.9 Å². The van der Waals surface area contributed by atoms with Gasteiger partial charge in [0.05, 0.1) is 0 Å². The topological polar surface area (TPSA) is 9.23 Å². The lowest BCUT2D eigenvalue weighted by atomic mass is 9.61. The normalized spacial score (nSPS) is 28.8. The molecule has 0 amide bonds. The molecule has 2 aliphatic carbocycles. The fraction of sp³-hybridized carbons (Fsp3) is 0.625. The molecule has 0 bridgehead atoms. The fourth-order valence-electron chi connectivity index (χ4n) is 3.65. The standard InChI is InChI=1S/C16H19Cl3O/c17-11-7-12(18)9-13(8-11)20-15-10-14(19)16(15)5-3-1-2-4-6-16/h7-9,14-15H,1-6,10H2. The Kier molecular flexibility index (Phi) is 4.40. The van der Waals surface area contributed by atoms with Gasteiger partial charge in [-0.1, -0.05) is 48.9 Å². The Bertz CT molecular complexity index is 460. The summed E-state index contributed by atoms with van der Waals surface area (Å²) < 4.78 is 6.18. The highest BCUT2D eigenvalue weighted by atomic mass is 35.5. The molecule has 1 aromatic carbocycles. The summed E-state index contributed by atoms with van der Waals surface area (Å²) in [6, 6.07) is 5.39. The SMILES string of the molecule is Clc1cc(Cl)cc(OC2CC(Cl)C23CCCCCC3)c1. The Hall–Kier alpha value is -0.110. The third-order valence-corrected chi connectivity index (χ3v) is 5.88. The molecular weight excluding hydrogens is 315 g/mol. The molecule has 0 radical (unpaired) electrons. The monoisotopic (exact) mass is 332 g/mol. The van der Waals surface area contributed by atoms with E-state index in [2.05, 4.69) is 0 Å². The number of halogens is 3. The van der Waals surface area contributed by atoms with Crippen molar-refractivity contribution in [1.29, 1.82) is 0 Å². The Morgan fingerprint density at radius 2 is 1.55 bits per heavy atom. The van der Waals surface area contributed by atoms with Crippen molar-refractivity contribution in [3.05, 3.63) is 28.2 Å². The van der Waals surface area contributed by atoms with Crippen LogP contribution in [0.1, 0.15) is 44.9 Å². The molecule has 2 fully saturated rings. The van der Waals surface area contributed by atoms with Crippen LogP contribution in [0.5, 0.6) is 5.75 Å². The van der Waals surface area contributed by atoms with Gasteiger partial charge in [-0.15, -0.1) is 11.6 Å².